The molecule has 5 nitrogen and oxygen atoms in total. The summed E-state index contributed by atoms with van der Waals surface area (Å²) in [4.78, 5) is 24.2. The Morgan fingerprint density at radius 3 is 2.50 bits per heavy atom. The number of carbonyl (C=O) groups excluding carboxylic acids is 1. The molecule has 0 saturated carbocycles. The van der Waals surface area contributed by atoms with Crippen LogP contribution in [-0.2, 0) is 9.59 Å². The van der Waals surface area contributed by atoms with Crippen LogP contribution in [0.4, 0.5) is 5.69 Å². The molecule has 1 aromatic rings. The molecular weight excluding hydrogens is 232 g/mol. The van der Waals surface area contributed by atoms with Crippen molar-refractivity contribution < 1.29 is 14.7 Å². The zero-order valence-corrected chi connectivity index (χ0v) is 10.0. The van der Waals surface area contributed by atoms with Gasteiger partial charge in [-0.1, -0.05) is 18.2 Å². The molecular formula is C13H14N2O3. The van der Waals surface area contributed by atoms with E-state index in [9.17, 15) is 9.59 Å². The lowest BCUT2D eigenvalue weighted by Crippen LogP contribution is -2.38. The number of anilines is 1. The van der Waals surface area contributed by atoms with Crippen LogP contribution in [0.2, 0.25) is 0 Å². The van der Waals surface area contributed by atoms with E-state index in [-0.39, 0.29) is 13.0 Å². The van der Waals surface area contributed by atoms with Gasteiger partial charge in [0.15, 0.2) is 0 Å². The number of hydrogen-bond acceptors (Lipinski definition) is 3. The second kappa shape index (κ2) is 6.40. The number of carboxylic acid groups (broad SMARTS) is 1. The summed E-state index contributed by atoms with van der Waals surface area (Å²) in [5.41, 5.74) is 0.603. The van der Waals surface area contributed by atoms with E-state index in [2.05, 4.69) is 0 Å². The summed E-state index contributed by atoms with van der Waals surface area (Å²) < 4.78 is 0. The molecule has 1 rings (SSSR count). The zero-order valence-electron chi connectivity index (χ0n) is 10.0. The fourth-order valence-electron chi connectivity index (χ4n) is 1.48. The fourth-order valence-corrected chi connectivity index (χ4v) is 1.48. The number of carboxylic acids is 1. The summed E-state index contributed by atoms with van der Waals surface area (Å²) in [6.45, 7) is 1.53. The van der Waals surface area contributed by atoms with Gasteiger partial charge in [-0.3, -0.25) is 9.59 Å². The normalized spacial score (nSPS) is 11.3. The van der Waals surface area contributed by atoms with Gasteiger partial charge >= 0.3 is 5.97 Å². The molecule has 0 aliphatic rings. The van der Waals surface area contributed by atoms with Crippen molar-refractivity contribution in [1.29, 1.82) is 5.26 Å². The average Bonchev–Trinajstić information content (AvgIpc) is 2.39. The van der Waals surface area contributed by atoms with Crippen LogP contribution >= 0.6 is 0 Å². The zero-order chi connectivity index (χ0) is 13.5. The topological polar surface area (TPSA) is 81.4 Å². The van der Waals surface area contributed by atoms with Crippen molar-refractivity contribution in [2.24, 2.45) is 5.92 Å². The predicted molar refractivity (Wildman–Crippen MR) is 65.8 cm³/mol. The highest BCUT2D eigenvalue weighted by Crippen LogP contribution is 2.16. The van der Waals surface area contributed by atoms with E-state index in [1.54, 1.807) is 30.3 Å². The van der Waals surface area contributed by atoms with E-state index in [1.807, 2.05) is 6.07 Å². The van der Waals surface area contributed by atoms with Crippen LogP contribution in [0.25, 0.3) is 0 Å². The molecule has 0 fully saturated rings. The lowest BCUT2D eigenvalue weighted by molar-refractivity contribution is -0.145. The van der Waals surface area contributed by atoms with Crippen LogP contribution in [-0.4, -0.2) is 23.5 Å². The van der Waals surface area contributed by atoms with Gasteiger partial charge in [-0.25, -0.2) is 0 Å². The molecule has 0 aromatic heterocycles. The first kappa shape index (κ1) is 13.7. The molecule has 0 aliphatic heterocycles. The smallest absolute Gasteiger partial charge is 0.315 e. The van der Waals surface area contributed by atoms with Crippen molar-refractivity contribution in [3.8, 4) is 6.07 Å². The molecule has 1 aromatic carbocycles. The average molecular weight is 246 g/mol. The third-order valence-corrected chi connectivity index (χ3v) is 2.52. The Hall–Kier alpha value is -2.35. The largest absolute Gasteiger partial charge is 0.481 e. The van der Waals surface area contributed by atoms with E-state index in [1.165, 1.54) is 11.8 Å². The van der Waals surface area contributed by atoms with Crippen LogP contribution < -0.4 is 4.90 Å². The molecule has 5 heteroatoms. The van der Waals surface area contributed by atoms with Crippen molar-refractivity contribution in [2.45, 2.75) is 13.3 Å². The first-order valence-electron chi connectivity index (χ1n) is 5.54. The number of nitrogens with zero attached hydrogens (tertiary/aromatic N) is 2. The van der Waals surface area contributed by atoms with E-state index in [4.69, 9.17) is 10.4 Å². The van der Waals surface area contributed by atoms with Crippen molar-refractivity contribution in [2.75, 3.05) is 11.4 Å². The Bertz CT molecular complexity index is 465. The second-order valence-corrected chi connectivity index (χ2v) is 3.79. The van der Waals surface area contributed by atoms with Gasteiger partial charge in [0.2, 0.25) is 5.91 Å². The Kier molecular flexibility index (Phi) is 4.88. The van der Waals surface area contributed by atoms with Gasteiger partial charge in [0.05, 0.1) is 12.5 Å². The highest BCUT2D eigenvalue weighted by Gasteiger charge is 2.26. The molecule has 0 saturated heterocycles. The number of carbonyl (C=O) groups is 2. The van der Waals surface area contributed by atoms with Gasteiger partial charge in [0.1, 0.15) is 5.92 Å². The Morgan fingerprint density at radius 1 is 1.39 bits per heavy atom. The third-order valence-electron chi connectivity index (χ3n) is 2.52. The minimum atomic E-state index is -1.17. The molecule has 1 amide bonds. The van der Waals surface area contributed by atoms with Crippen LogP contribution in [0.1, 0.15) is 13.3 Å². The summed E-state index contributed by atoms with van der Waals surface area (Å²) in [6, 6.07) is 10.7. The van der Waals surface area contributed by atoms with Crippen LogP contribution in [0.3, 0.4) is 0 Å². The van der Waals surface area contributed by atoms with E-state index in [0.717, 1.165) is 0 Å². The fraction of sp³-hybridized carbons (Fsp3) is 0.308. The maximum atomic E-state index is 12.0. The van der Waals surface area contributed by atoms with Crippen molar-refractivity contribution in [1.82, 2.24) is 0 Å². The number of aliphatic carboxylic acids is 1. The Balaban J connectivity index is 2.96. The quantitative estimate of drug-likeness (QED) is 0.801. The summed E-state index contributed by atoms with van der Waals surface area (Å²) in [5, 5.41) is 17.4. The van der Waals surface area contributed by atoms with Crippen LogP contribution in [0, 0.1) is 17.2 Å². The Labute approximate surface area is 105 Å². The number of rotatable bonds is 5. The van der Waals surface area contributed by atoms with Gasteiger partial charge in [-0.2, -0.15) is 5.26 Å². The first-order valence-corrected chi connectivity index (χ1v) is 5.54. The molecule has 0 bridgehead atoms. The molecule has 0 aliphatic carbocycles. The van der Waals surface area contributed by atoms with E-state index >= 15 is 0 Å². The van der Waals surface area contributed by atoms with Crippen molar-refractivity contribution in [3.05, 3.63) is 30.3 Å². The molecule has 94 valence electrons. The van der Waals surface area contributed by atoms with E-state index in [0.29, 0.717) is 5.69 Å². The van der Waals surface area contributed by atoms with Crippen LogP contribution in [0.5, 0.6) is 0 Å². The number of hydrogen-bond donors (Lipinski definition) is 1. The molecule has 1 N–H and O–H groups in total. The maximum Gasteiger partial charge on any atom is 0.315 e. The summed E-state index contributed by atoms with van der Waals surface area (Å²) in [6.07, 6.45) is 0.160. The van der Waals surface area contributed by atoms with Gasteiger partial charge < -0.3 is 10.0 Å². The lowest BCUT2D eigenvalue weighted by Gasteiger charge is -2.23. The monoisotopic (exact) mass is 246 g/mol. The standard InChI is InChI=1S/C13H14N2O3/c1-10(13(17)18)12(16)15(9-5-8-14)11-6-3-2-4-7-11/h2-4,6-7,10H,5,9H2,1H3,(H,17,18). The Morgan fingerprint density at radius 2 is 2.00 bits per heavy atom. The molecule has 0 radical (unpaired) electrons. The summed E-state index contributed by atoms with van der Waals surface area (Å²) in [5.74, 6) is -2.80. The lowest BCUT2D eigenvalue weighted by atomic mass is 10.1. The summed E-state index contributed by atoms with van der Waals surface area (Å²) in [7, 11) is 0. The van der Waals surface area contributed by atoms with Crippen molar-refractivity contribution >= 4 is 17.6 Å². The minimum absolute atomic E-state index is 0.160. The number of para-hydroxylation sites is 1. The SMILES string of the molecule is CC(C(=O)O)C(=O)N(CCC#N)c1ccccc1. The highest BCUT2D eigenvalue weighted by molar-refractivity contribution is 6.05. The van der Waals surface area contributed by atoms with Gasteiger partial charge in [-0.15, -0.1) is 0 Å². The number of nitriles is 1. The number of amides is 1. The minimum Gasteiger partial charge on any atom is -0.481 e. The highest BCUT2D eigenvalue weighted by atomic mass is 16.4. The predicted octanol–water partition coefficient (Wildman–Crippen LogP) is 1.65. The van der Waals surface area contributed by atoms with E-state index < -0.39 is 17.8 Å². The van der Waals surface area contributed by atoms with Gasteiger partial charge in [0, 0.05) is 12.2 Å². The number of benzene rings is 1. The molecule has 0 heterocycles. The van der Waals surface area contributed by atoms with Crippen molar-refractivity contribution in [3.63, 3.8) is 0 Å². The third kappa shape index (κ3) is 3.32. The second-order valence-electron chi connectivity index (χ2n) is 3.79. The molecule has 1 atom stereocenters. The molecule has 18 heavy (non-hydrogen) atoms. The first-order chi connectivity index (χ1) is 8.57. The molecule has 1 unspecified atom stereocenters. The molecule has 0 spiro atoms. The summed E-state index contributed by atoms with van der Waals surface area (Å²) >= 11 is 0. The van der Waals surface area contributed by atoms with Crippen LogP contribution in [0.15, 0.2) is 30.3 Å². The van der Waals surface area contributed by atoms with Gasteiger partial charge in [-0.05, 0) is 19.1 Å². The van der Waals surface area contributed by atoms with Gasteiger partial charge in [0.25, 0.3) is 0 Å². The maximum absolute atomic E-state index is 12.0.